The van der Waals surface area contributed by atoms with Crippen LogP contribution in [0, 0.1) is 0 Å². The predicted octanol–water partition coefficient (Wildman–Crippen LogP) is 4.61. The molecule has 0 N–H and O–H groups in total. The van der Waals surface area contributed by atoms with E-state index in [1.807, 2.05) is 13.0 Å². The van der Waals surface area contributed by atoms with Crippen molar-refractivity contribution < 1.29 is 4.79 Å². The SMILES string of the molecule is C[C@@H]1CCC[C@@H](C)N1C(=O)[C@@H](C)Sc1nnc(-c2cccs2)n1C1CC1. The molecule has 0 radical (unpaired) electrons. The molecule has 3 heterocycles. The van der Waals surface area contributed by atoms with Gasteiger partial charge in [-0.2, -0.15) is 0 Å². The van der Waals surface area contributed by atoms with Crippen LogP contribution in [0.3, 0.4) is 0 Å². The Labute approximate surface area is 163 Å². The fourth-order valence-corrected chi connectivity index (χ4v) is 5.55. The Morgan fingerprint density at radius 1 is 1.23 bits per heavy atom. The topological polar surface area (TPSA) is 51.0 Å². The van der Waals surface area contributed by atoms with Gasteiger partial charge in [0.05, 0.1) is 10.1 Å². The van der Waals surface area contributed by atoms with Crippen LogP contribution < -0.4 is 0 Å². The fraction of sp³-hybridized carbons (Fsp3) is 0.632. The highest BCUT2D eigenvalue weighted by molar-refractivity contribution is 8.00. The molecule has 26 heavy (non-hydrogen) atoms. The zero-order chi connectivity index (χ0) is 18.3. The quantitative estimate of drug-likeness (QED) is 0.700. The van der Waals surface area contributed by atoms with Crippen molar-refractivity contribution in [3.05, 3.63) is 17.5 Å². The maximum Gasteiger partial charge on any atom is 0.236 e. The first-order valence-electron chi connectivity index (χ1n) is 9.54. The molecule has 0 bridgehead atoms. The number of carbonyl (C=O) groups is 1. The Kier molecular flexibility index (Phi) is 5.10. The second kappa shape index (κ2) is 7.35. The van der Waals surface area contributed by atoms with E-state index < -0.39 is 0 Å². The largest absolute Gasteiger partial charge is 0.336 e. The van der Waals surface area contributed by atoms with Crippen LogP contribution in [0.5, 0.6) is 0 Å². The highest BCUT2D eigenvalue weighted by atomic mass is 32.2. The number of rotatable bonds is 5. The summed E-state index contributed by atoms with van der Waals surface area (Å²) in [6.07, 6.45) is 5.77. The molecule has 1 saturated heterocycles. The van der Waals surface area contributed by atoms with Crippen LogP contribution >= 0.6 is 23.1 Å². The van der Waals surface area contributed by atoms with Gasteiger partial charge in [0.15, 0.2) is 11.0 Å². The van der Waals surface area contributed by atoms with E-state index in [0.717, 1.165) is 28.7 Å². The number of carbonyl (C=O) groups excluding carboxylic acids is 1. The summed E-state index contributed by atoms with van der Waals surface area (Å²) in [5.74, 6) is 1.18. The van der Waals surface area contributed by atoms with Crippen molar-refractivity contribution in [2.75, 3.05) is 0 Å². The van der Waals surface area contributed by atoms with Crippen LogP contribution in [0.1, 0.15) is 58.9 Å². The summed E-state index contributed by atoms with van der Waals surface area (Å²) >= 11 is 3.25. The van der Waals surface area contributed by atoms with Gasteiger partial charge in [0.1, 0.15) is 0 Å². The smallest absolute Gasteiger partial charge is 0.236 e. The molecule has 2 aromatic heterocycles. The summed E-state index contributed by atoms with van der Waals surface area (Å²) in [5, 5.41) is 11.7. The normalized spacial score (nSPS) is 24.7. The van der Waals surface area contributed by atoms with Gasteiger partial charge in [0.25, 0.3) is 0 Å². The lowest BCUT2D eigenvalue weighted by Gasteiger charge is -2.40. The minimum Gasteiger partial charge on any atom is -0.336 e. The Bertz CT molecular complexity index is 759. The van der Waals surface area contributed by atoms with Gasteiger partial charge in [-0.05, 0) is 64.3 Å². The second-order valence-corrected chi connectivity index (χ2v) is 9.77. The summed E-state index contributed by atoms with van der Waals surface area (Å²) in [4.78, 5) is 16.3. The molecule has 1 amide bonds. The molecule has 0 unspecified atom stereocenters. The van der Waals surface area contributed by atoms with E-state index >= 15 is 0 Å². The summed E-state index contributed by atoms with van der Waals surface area (Å²) in [6, 6.07) is 5.28. The molecule has 0 aromatic carbocycles. The highest BCUT2D eigenvalue weighted by Gasteiger charge is 2.35. The van der Waals surface area contributed by atoms with E-state index in [0.29, 0.717) is 18.1 Å². The minimum absolute atomic E-state index is 0.143. The zero-order valence-electron chi connectivity index (χ0n) is 15.6. The number of amides is 1. The number of thiophene rings is 1. The third-order valence-electron chi connectivity index (χ3n) is 5.40. The lowest BCUT2D eigenvalue weighted by molar-refractivity contribution is -0.136. The van der Waals surface area contributed by atoms with E-state index in [2.05, 4.69) is 45.0 Å². The van der Waals surface area contributed by atoms with Gasteiger partial charge >= 0.3 is 0 Å². The Morgan fingerprint density at radius 3 is 2.58 bits per heavy atom. The van der Waals surface area contributed by atoms with Crippen molar-refractivity contribution in [1.29, 1.82) is 0 Å². The number of hydrogen-bond donors (Lipinski definition) is 0. The molecular formula is C19H26N4OS2. The van der Waals surface area contributed by atoms with E-state index in [4.69, 9.17) is 0 Å². The number of thioether (sulfide) groups is 1. The standard InChI is InChI=1S/C19H26N4OS2/c1-12-6-4-7-13(2)22(12)18(24)14(3)26-19-21-20-17(16-8-5-11-25-16)23(19)15-9-10-15/h5,8,11-15H,4,6-7,9-10H2,1-3H3/t12-,13-,14-/m1/s1. The van der Waals surface area contributed by atoms with Crippen molar-refractivity contribution in [1.82, 2.24) is 19.7 Å². The Morgan fingerprint density at radius 2 is 1.96 bits per heavy atom. The van der Waals surface area contributed by atoms with Crippen LogP contribution in [0.25, 0.3) is 10.7 Å². The molecule has 4 rings (SSSR count). The zero-order valence-corrected chi connectivity index (χ0v) is 17.2. The van der Waals surface area contributed by atoms with Crippen LogP contribution in [0.4, 0.5) is 0 Å². The Balaban J connectivity index is 1.54. The van der Waals surface area contributed by atoms with Gasteiger partial charge < -0.3 is 4.90 Å². The fourth-order valence-electron chi connectivity index (χ4n) is 3.87. The van der Waals surface area contributed by atoms with Gasteiger partial charge in [0, 0.05) is 18.1 Å². The van der Waals surface area contributed by atoms with E-state index in [1.165, 1.54) is 19.3 Å². The van der Waals surface area contributed by atoms with Gasteiger partial charge in [-0.25, -0.2) is 0 Å². The van der Waals surface area contributed by atoms with Gasteiger partial charge in [0.2, 0.25) is 5.91 Å². The molecule has 2 aromatic rings. The van der Waals surface area contributed by atoms with Gasteiger partial charge in [-0.3, -0.25) is 9.36 Å². The monoisotopic (exact) mass is 390 g/mol. The third kappa shape index (κ3) is 3.43. The van der Waals surface area contributed by atoms with Crippen molar-refractivity contribution in [2.45, 2.75) is 81.4 Å². The number of likely N-dealkylation sites (tertiary alicyclic amines) is 1. The molecule has 140 valence electrons. The van der Waals surface area contributed by atoms with Gasteiger partial charge in [-0.1, -0.05) is 17.8 Å². The molecule has 1 aliphatic heterocycles. The molecule has 3 atom stereocenters. The van der Waals surface area contributed by atoms with E-state index in [9.17, 15) is 4.79 Å². The van der Waals surface area contributed by atoms with Crippen LogP contribution in [0.2, 0.25) is 0 Å². The maximum absolute atomic E-state index is 13.1. The first-order chi connectivity index (χ1) is 12.6. The average molecular weight is 391 g/mol. The molecule has 2 fully saturated rings. The van der Waals surface area contributed by atoms with E-state index in [1.54, 1.807) is 23.1 Å². The molecule has 5 nitrogen and oxygen atoms in total. The first kappa shape index (κ1) is 18.0. The molecular weight excluding hydrogens is 364 g/mol. The molecule has 2 aliphatic rings. The molecule has 1 saturated carbocycles. The summed E-state index contributed by atoms with van der Waals surface area (Å²) in [7, 11) is 0. The van der Waals surface area contributed by atoms with E-state index in [-0.39, 0.29) is 11.2 Å². The van der Waals surface area contributed by atoms with Crippen molar-refractivity contribution in [2.24, 2.45) is 0 Å². The number of piperidine rings is 1. The molecule has 0 spiro atoms. The minimum atomic E-state index is -0.143. The lowest BCUT2D eigenvalue weighted by Crippen LogP contribution is -2.50. The second-order valence-electron chi connectivity index (χ2n) is 7.52. The number of hydrogen-bond acceptors (Lipinski definition) is 5. The van der Waals surface area contributed by atoms with Crippen molar-refractivity contribution in [3.63, 3.8) is 0 Å². The summed E-state index contributed by atoms with van der Waals surface area (Å²) in [6.45, 7) is 6.36. The molecule has 7 heteroatoms. The highest BCUT2D eigenvalue weighted by Crippen LogP contribution is 2.42. The van der Waals surface area contributed by atoms with Crippen LogP contribution in [-0.2, 0) is 4.79 Å². The number of nitrogens with zero attached hydrogens (tertiary/aromatic N) is 4. The molecule has 1 aliphatic carbocycles. The first-order valence-corrected chi connectivity index (χ1v) is 11.3. The number of aromatic nitrogens is 3. The summed E-state index contributed by atoms with van der Waals surface area (Å²) < 4.78 is 2.25. The third-order valence-corrected chi connectivity index (χ3v) is 7.31. The Hall–Kier alpha value is -1.34. The predicted molar refractivity (Wildman–Crippen MR) is 107 cm³/mol. The van der Waals surface area contributed by atoms with Crippen molar-refractivity contribution in [3.8, 4) is 10.7 Å². The maximum atomic E-state index is 13.1. The van der Waals surface area contributed by atoms with Crippen LogP contribution in [0.15, 0.2) is 22.7 Å². The van der Waals surface area contributed by atoms with Crippen molar-refractivity contribution >= 4 is 29.0 Å². The summed E-state index contributed by atoms with van der Waals surface area (Å²) in [5.41, 5.74) is 0. The lowest BCUT2D eigenvalue weighted by atomic mass is 9.97. The van der Waals surface area contributed by atoms with Crippen LogP contribution in [-0.4, -0.2) is 42.9 Å². The average Bonchev–Trinajstić information content (AvgIpc) is 3.14. The van der Waals surface area contributed by atoms with Gasteiger partial charge in [-0.15, -0.1) is 21.5 Å².